The van der Waals surface area contributed by atoms with E-state index in [4.69, 9.17) is 16.3 Å². The fourth-order valence-electron chi connectivity index (χ4n) is 3.24. The molecule has 8 heteroatoms. The third-order valence-electron chi connectivity index (χ3n) is 4.94. The molecule has 0 aliphatic rings. The zero-order chi connectivity index (χ0) is 22.6. The lowest BCUT2D eigenvalue weighted by atomic mass is 9.84. The largest absolute Gasteiger partial charge is 0.505 e. The molecule has 7 nitrogen and oxygen atoms in total. The summed E-state index contributed by atoms with van der Waals surface area (Å²) < 4.78 is 5.07. The number of hydrogen-bond donors (Lipinski definition) is 2. The van der Waals surface area contributed by atoms with Crippen LogP contribution in [0.2, 0.25) is 5.02 Å². The Bertz CT molecular complexity index is 1070. The van der Waals surface area contributed by atoms with Crippen molar-refractivity contribution in [2.45, 2.75) is 46.0 Å². The number of phenolic OH excluding ortho intramolecular Hbond substituents is 1. The average molecular weight is 445 g/mol. The normalized spacial score (nSPS) is 11.8. The number of aromatic nitrogens is 3. The van der Waals surface area contributed by atoms with E-state index in [-0.39, 0.29) is 17.1 Å². The summed E-state index contributed by atoms with van der Waals surface area (Å²) in [6.45, 7) is 9.61. The van der Waals surface area contributed by atoms with Crippen LogP contribution >= 0.6 is 11.6 Å². The maximum absolute atomic E-state index is 11.2. The van der Waals surface area contributed by atoms with Gasteiger partial charge >= 0.3 is 5.97 Å². The van der Waals surface area contributed by atoms with Crippen LogP contribution in [0.3, 0.4) is 0 Å². The van der Waals surface area contributed by atoms with Gasteiger partial charge in [-0.1, -0.05) is 45.4 Å². The van der Waals surface area contributed by atoms with Crippen molar-refractivity contribution in [1.29, 1.82) is 0 Å². The average Bonchev–Trinajstić information content (AvgIpc) is 3.13. The first kappa shape index (κ1) is 23.0. The van der Waals surface area contributed by atoms with Gasteiger partial charge in [0.1, 0.15) is 29.1 Å². The Kier molecular flexibility index (Phi) is 7.18. The smallest absolute Gasteiger partial charge is 0.305 e. The third-order valence-corrected chi connectivity index (χ3v) is 5.17. The fourth-order valence-corrected chi connectivity index (χ4v) is 3.40. The number of phenols is 1. The molecule has 1 aromatic heterocycles. The highest BCUT2D eigenvalue weighted by molar-refractivity contribution is 6.31. The molecule has 0 amide bonds. The Labute approximate surface area is 187 Å². The van der Waals surface area contributed by atoms with Gasteiger partial charge in [0.2, 0.25) is 0 Å². The summed E-state index contributed by atoms with van der Waals surface area (Å²) in [5, 5.41) is 23.9. The highest BCUT2D eigenvalue weighted by Gasteiger charge is 2.23. The number of halogens is 1. The molecule has 0 atom stereocenters. The first-order valence-corrected chi connectivity index (χ1v) is 10.8. The first-order valence-electron chi connectivity index (χ1n) is 10.4. The second kappa shape index (κ2) is 9.66. The number of fused-ring (bicyclic) bond motifs is 1. The minimum absolute atomic E-state index is 0.169. The predicted molar refractivity (Wildman–Crippen MR) is 122 cm³/mol. The predicted octanol–water partition coefficient (Wildman–Crippen LogP) is 4.16. The van der Waals surface area contributed by atoms with Crippen molar-refractivity contribution in [1.82, 2.24) is 20.3 Å². The minimum atomic E-state index is -0.257. The lowest BCUT2D eigenvalue weighted by Crippen LogP contribution is -2.23. The summed E-state index contributed by atoms with van der Waals surface area (Å²) in [7, 11) is 0. The highest BCUT2D eigenvalue weighted by atomic mass is 35.5. The first-order chi connectivity index (χ1) is 14.7. The third kappa shape index (κ3) is 5.74. The Morgan fingerprint density at radius 3 is 2.61 bits per heavy atom. The fraction of sp³-hybridized carbons (Fsp3) is 0.435. The maximum atomic E-state index is 11.2. The van der Waals surface area contributed by atoms with Crippen molar-refractivity contribution < 1.29 is 14.6 Å². The van der Waals surface area contributed by atoms with Gasteiger partial charge in [-0.05, 0) is 48.2 Å². The minimum Gasteiger partial charge on any atom is -0.505 e. The van der Waals surface area contributed by atoms with Gasteiger partial charge in [0.05, 0.1) is 0 Å². The van der Waals surface area contributed by atoms with Gasteiger partial charge in [0.15, 0.2) is 0 Å². The molecule has 0 bridgehead atoms. The lowest BCUT2D eigenvalue weighted by molar-refractivity contribution is -0.143. The molecular weight excluding hydrogens is 416 g/mol. The van der Waals surface area contributed by atoms with Crippen molar-refractivity contribution in [2.75, 3.05) is 19.7 Å². The van der Waals surface area contributed by atoms with Gasteiger partial charge in [-0.15, -0.1) is 15.0 Å². The van der Waals surface area contributed by atoms with Gasteiger partial charge < -0.3 is 15.2 Å². The van der Waals surface area contributed by atoms with Gasteiger partial charge in [-0.3, -0.25) is 4.79 Å². The number of nitrogens with one attached hydrogen (secondary N) is 1. The van der Waals surface area contributed by atoms with Crippen LogP contribution in [0.25, 0.3) is 16.7 Å². The van der Waals surface area contributed by atoms with E-state index in [9.17, 15) is 9.90 Å². The van der Waals surface area contributed by atoms with Crippen LogP contribution < -0.4 is 5.32 Å². The van der Waals surface area contributed by atoms with Gasteiger partial charge in [-0.2, -0.15) is 0 Å². The molecule has 0 spiro atoms. The van der Waals surface area contributed by atoms with E-state index < -0.39 is 0 Å². The van der Waals surface area contributed by atoms with Crippen molar-refractivity contribution in [2.24, 2.45) is 0 Å². The topological polar surface area (TPSA) is 89.3 Å². The van der Waals surface area contributed by atoms with E-state index in [0.717, 1.165) is 17.5 Å². The monoisotopic (exact) mass is 444 g/mol. The molecule has 2 aromatic carbocycles. The van der Waals surface area contributed by atoms with Gasteiger partial charge in [0.25, 0.3) is 0 Å². The number of hydrogen-bond acceptors (Lipinski definition) is 6. The standard InChI is InChI=1S/C23H29ClN4O3/c1-5-21(29)31-11-10-25-9-8-15-12-17(23(2,3)4)22(30)20(13-15)28-26-18-7-6-16(24)14-19(18)27-28/h6-7,12-14,25,30H,5,8-11H2,1-4H3. The van der Waals surface area contributed by atoms with E-state index >= 15 is 0 Å². The molecule has 1 heterocycles. The molecular formula is C23H29ClN4O3. The van der Waals surface area contributed by atoms with E-state index in [0.29, 0.717) is 47.9 Å². The molecule has 0 saturated carbocycles. The van der Waals surface area contributed by atoms with E-state index in [2.05, 4.69) is 36.3 Å². The zero-order valence-corrected chi connectivity index (χ0v) is 19.2. The van der Waals surface area contributed by atoms with Crippen molar-refractivity contribution in [3.8, 4) is 11.4 Å². The highest BCUT2D eigenvalue weighted by Crippen LogP contribution is 2.36. The zero-order valence-electron chi connectivity index (χ0n) is 18.4. The van der Waals surface area contributed by atoms with Gasteiger partial charge in [0, 0.05) is 23.6 Å². The molecule has 0 radical (unpaired) electrons. The van der Waals surface area contributed by atoms with E-state index in [1.807, 2.05) is 18.2 Å². The summed E-state index contributed by atoms with van der Waals surface area (Å²) in [6.07, 6.45) is 1.12. The molecule has 166 valence electrons. The summed E-state index contributed by atoms with van der Waals surface area (Å²) in [6, 6.07) is 9.26. The molecule has 0 aliphatic heterocycles. The summed E-state index contributed by atoms with van der Waals surface area (Å²) in [5.41, 5.74) is 3.53. The summed E-state index contributed by atoms with van der Waals surface area (Å²) in [4.78, 5) is 12.7. The van der Waals surface area contributed by atoms with Crippen molar-refractivity contribution in [3.05, 3.63) is 46.5 Å². The summed E-state index contributed by atoms with van der Waals surface area (Å²) >= 11 is 6.07. The van der Waals surface area contributed by atoms with Crippen LogP contribution in [-0.2, 0) is 21.4 Å². The molecule has 0 aliphatic carbocycles. The molecule has 0 unspecified atom stereocenters. The Morgan fingerprint density at radius 1 is 1.16 bits per heavy atom. The Morgan fingerprint density at radius 2 is 1.90 bits per heavy atom. The molecule has 0 fully saturated rings. The number of nitrogens with zero attached hydrogens (tertiary/aromatic N) is 3. The number of carbonyl (C=O) groups is 1. The number of benzene rings is 2. The second-order valence-corrected chi connectivity index (χ2v) is 8.89. The van der Waals surface area contributed by atoms with Crippen LogP contribution in [0.15, 0.2) is 30.3 Å². The number of carbonyl (C=O) groups excluding carboxylic acids is 1. The van der Waals surface area contributed by atoms with Crippen molar-refractivity contribution in [3.63, 3.8) is 0 Å². The number of ether oxygens (including phenoxy) is 1. The van der Waals surface area contributed by atoms with Crippen LogP contribution in [-0.4, -0.2) is 45.8 Å². The quantitative estimate of drug-likeness (QED) is 0.400. The Hall–Kier alpha value is -2.64. The molecule has 2 N–H and O–H groups in total. The number of rotatable bonds is 8. The van der Waals surface area contributed by atoms with E-state index in [1.54, 1.807) is 19.1 Å². The molecule has 3 aromatic rings. The number of aromatic hydroxyl groups is 1. The second-order valence-electron chi connectivity index (χ2n) is 8.46. The van der Waals surface area contributed by atoms with Crippen LogP contribution in [0.1, 0.15) is 45.2 Å². The molecule has 31 heavy (non-hydrogen) atoms. The van der Waals surface area contributed by atoms with Crippen LogP contribution in [0.4, 0.5) is 0 Å². The summed E-state index contributed by atoms with van der Waals surface area (Å²) in [5.74, 6) is -0.0257. The number of esters is 1. The van der Waals surface area contributed by atoms with Crippen molar-refractivity contribution >= 4 is 28.6 Å². The molecule has 3 rings (SSSR count). The van der Waals surface area contributed by atoms with Gasteiger partial charge in [-0.25, -0.2) is 0 Å². The van der Waals surface area contributed by atoms with Crippen LogP contribution in [0, 0.1) is 0 Å². The Balaban J connectivity index is 1.82. The lowest BCUT2D eigenvalue weighted by Gasteiger charge is -2.23. The molecule has 0 saturated heterocycles. The van der Waals surface area contributed by atoms with E-state index in [1.165, 1.54) is 4.80 Å². The van der Waals surface area contributed by atoms with Crippen LogP contribution in [0.5, 0.6) is 5.75 Å². The maximum Gasteiger partial charge on any atom is 0.305 e. The SMILES string of the molecule is CCC(=O)OCCNCCc1cc(-n2nc3ccc(Cl)cc3n2)c(O)c(C(C)(C)C)c1.